The molecule has 0 saturated carbocycles. The summed E-state index contributed by atoms with van der Waals surface area (Å²) in [6, 6.07) is 0. The molecule has 1 aromatic heterocycles. The molecule has 0 saturated heterocycles. The summed E-state index contributed by atoms with van der Waals surface area (Å²) in [6.45, 7) is 2.28. The lowest BCUT2D eigenvalue weighted by Gasteiger charge is -2.02. The zero-order valence-corrected chi connectivity index (χ0v) is 8.67. The van der Waals surface area contributed by atoms with Gasteiger partial charge in [0.2, 0.25) is 5.12 Å². The molecule has 0 atom stereocenters. The average Bonchev–Trinajstić information content (AvgIpc) is 2.59. The topological polar surface area (TPSA) is 72.2 Å². The fraction of sp³-hybridized carbons (Fsp3) is 0.375. The van der Waals surface area contributed by atoms with E-state index in [1.807, 2.05) is 0 Å². The Morgan fingerprint density at radius 3 is 2.71 bits per heavy atom. The molecule has 1 heterocycles. The van der Waals surface area contributed by atoms with E-state index in [-0.39, 0.29) is 16.4 Å². The Morgan fingerprint density at radius 2 is 2.29 bits per heavy atom. The summed E-state index contributed by atoms with van der Waals surface area (Å²) in [5.74, 6) is -1.12. The number of carbonyl (C=O) groups is 2. The second kappa shape index (κ2) is 4.28. The lowest BCUT2D eigenvalue weighted by atomic mass is 10.2. The van der Waals surface area contributed by atoms with Gasteiger partial charge in [0.05, 0.1) is 6.20 Å². The smallest absolute Gasteiger partial charge is 0.339 e. The molecule has 0 fully saturated rings. The monoisotopic (exact) mass is 214 g/mol. The molecule has 76 valence electrons. The lowest BCUT2D eigenvalue weighted by Crippen LogP contribution is -2.11. The van der Waals surface area contributed by atoms with Crippen molar-refractivity contribution >= 4 is 22.8 Å². The first kappa shape index (κ1) is 10.8. The molecule has 0 aliphatic carbocycles. The van der Waals surface area contributed by atoms with Crippen molar-refractivity contribution in [2.75, 3.05) is 6.26 Å². The summed E-state index contributed by atoms with van der Waals surface area (Å²) in [5, 5.41) is 12.4. The summed E-state index contributed by atoms with van der Waals surface area (Å²) in [4.78, 5) is 22.2. The highest BCUT2D eigenvalue weighted by Gasteiger charge is 2.21. The van der Waals surface area contributed by atoms with Gasteiger partial charge in [0.15, 0.2) is 0 Å². The third-order valence-corrected chi connectivity index (χ3v) is 2.31. The van der Waals surface area contributed by atoms with Gasteiger partial charge in [-0.3, -0.25) is 9.48 Å². The van der Waals surface area contributed by atoms with E-state index in [1.165, 1.54) is 10.9 Å². The van der Waals surface area contributed by atoms with Crippen molar-refractivity contribution in [3.8, 4) is 0 Å². The molecule has 0 aromatic carbocycles. The van der Waals surface area contributed by atoms with Gasteiger partial charge in [-0.25, -0.2) is 4.79 Å². The van der Waals surface area contributed by atoms with Gasteiger partial charge in [-0.2, -0.15) is 5.10 Å². The van der Waals surface area contributed by atoms with Gasteiger partial charge >= 0.3 is 5.97 Å². The molecular weight excluding hydrogens is 204 g/mol. The molecule has 1 rings (SSSR count). The first-order valence-corrected chi connectivity index (χ1v) is 5.21. The summed E-state index contributed by atoms with van der Waals surface area (Å²) in [6.07, 6.45) is 2.82. The lowest BCUT2D eigenvalue weighted by molar-refractivity contribution is 0.0693. The molecular formula is C8H10N2O3S. The van der Waals surface area contributed by atoms with E-state index in [9.17, 15) is 9.59 Å². The molecule has 6 heteroatoms. The highest BCUT2D eigenvalue weighted by atomic mass is 32.2. The number of hydrogen-bond acceptors (Lipinski definition) is 4. The van der Waals surface area contributed by atoms with Crippen LogP contribution < -0.4 is 0 Å². The van der Waals surface area contributed by atoms with Crippen LogP contribution in [0.25, 0.3) is 0 Å². The maximum atomic E-state index is 11.4. The Balaban J connectivity index is 3.26. The first-order valence-electron chi connectivity index (χ1n) is 3.99. The first-order chi connectivity index (χ1) is 6.61. The van der Waals surface area contributed by atoms with Crippen molar-refractivity contribution in [2.45, 2.75) is 13.5 Å². The second-order valence-electron chi connectivity index (χ2n) is 2.52. The summed E-state index contributed by atoms with van der Waals surface area (Å²) in [7, 11) is 0. The van der Waals surface area contributed by atoms with Crippen LogP contribution >= 0.6 is 11.8 Å². The largest absolute Gasteiger partial charge is 0.478 e. The molecule has 0 aliphatic heterocycles. The van der Waals surface area contributed by atoms with Gasteiger partial charge in [-0.1, -0.05) is 11.8 Å². The fourth-order valence-corrected chi connectivity index (χ4v) is 1.50. The van der Waals surface area contributed by atoms with E-state index < -0.39 is 5.97 Å². The van der Waals surface area contributed by atoms with Gasteiger partial charge < -0.3 is 5.11 Å². The highest BCUT2D eigenvalue weighted by Crippen LogP contribution is 2.15. The van der Waals surface area contributed by atoms with E-state index in [0.717, 1.165) is 11.8 Å². The molecule has 0 aliphatic rings. The molecule has 0 radical (unpaired) electrons. The van der Waals surface area contributed by atoms with Gasteiger partial charge in [0.1, 0.15) is 11.3 Å². The van der Waals surface area contributed by atoms with Crippen LogP contribution in [0, 0.1) is 0 Å². The average molecular weight is 214 g/mol. The van der Waals surface area contributed by atoms with Crippen molar-refractivity contribution in [3.05, 3.63) is 17.5 Å². The number of rotatable bonds is 3. The quantitative estimate of drug-likeness (QED) is 0.815. The Bertz CT molecular complexity index is 373. The van der Waals surface area contributed by atoms with Crippen LogP contribution in [0.5, 0.6) is 0 Å². The number of aryl methyl sites for hydroxylation is 1. The molecule has 5 nitrogen and oxygen atoms in total. The SMILES string of the molecule is CCn1ncc(C(=O)O)c1C(=O)SC. The van der Waals surface area contributed by atoms with Gasteiger partial charge in [-0.05, 0) is 13.2 Å². The number of carbonyl (C=O) groups excluding carboxylic acids is 1. The maximum Gasteiger partial charge on any atom is 0.339 e. The third kappa shape index (κ3) is 1.79. The van der Waals surface area contributed by atoms with Crippen molar-refractivity contribution in [2.24, 2.45) is 0 Å². The summed E-state index contributed by atoms with van der Waals surface area (Å²) < 4.78 is 1.39. The van der Waals surface area contributed by atoms with Crippen LogP contribution in [0.1, 0.15) is 27.8 Å². The predicted octanol–water partition coefficient (Wildman–Crippen LogP) is 1.10. The number of nitrogens with zero attached hydrogens (tertiary/aromatic N) is 2. The minimum Gasteiger partial charge on any atom is -0.478 e. The van der Waals surface area contributed by atoms with Gasteiger partial charge in [-0.15, -0.1) is 0 Å². The van der Waals surface area contributed by atoms with Crippen LogP contribution in [-0.4, -0.2) is 32.2 Å². The van der Waals surface area contributed by atoms with E-state index >= 15 is 0 Å². The number of carboxylic acids is 1. The van der Waals surface area contributed by atoms with E-state index in [2.05, 4.69) is 5.10 Å². The molecule has 1 aromatic rings. The minimum atomic E-state index is -1.12. The van der Waals surface area contributed by atoms with Crippen LogP contribution in [0.15, 0.2) is 6.20 Å². The van der Waals surface area contributed by atoms with E-state index in [0.29, 0.717) is 6.54 Å². The molecule has 1 N–H and O–H groups in total. The standard InChI is InChI=1S/C8H10N2O3S/c1-3-10-6(8(13)14-2)5(4-9-10)7(11)12/h4H,3H2,1-2H3,(H,11,12). The molecule has 0 amide bonds. The van der Waals surface area contributed by atoms with Crippen LogP contribution in [0.4, 0.5) is 0 Å². The maximum absolute atomic E-state index is 11.4. The van der Waals surface area contributed by atoms with Crippen LogP contribution in [-0.2, 0) is 6.54 Å². The Morgan fingerprint density at radius 1 is 1.64 bits per heavy atom. The van der Waals surface area contributed by atoms with Crippen LogP contribution in [0.2, 0.25) is 0 Å². The number of hydrogen-bond donors (Lipinski definition) is 1. The van der Waals surface area contributed by atoms with Crippen molar-refractivity contribution in [1.82, 2.24) is 9.78 Å². The number of aromatic carboxylic acids is 1. The molecule has 0 bridgehead atoms. The number of carboxylic acid groups (broad SMARTS) is 1. The Hall–Kier alpha value is -1.30. The summed E-state index contributed by atoms with van der Waals surface area (Å²) >= 11 is 0.981. The highest BCUT2D eigenvalue weighted by molar-refractivity contribution is 8.13. The normalized spacial score (nSPS) is 10.1. The summed E-state index contributed by atoms with van der Waals surface area (Å²) in [5.41, 5.74) is 0.124. The Labute approximate surface area is 85.1 Å². The zero-order valence-electron chi connectivity index (χ0n) is 7.85. The number of thioether (sulfide) groups is 1. The van der Waals surface area contributed by atoms with Gasteiger partial charge in [0.25, 0.3) is 0 Å². The van der Waals surface area contributed by atoms with Crippen molar-refractivity contribution in [1.29, 1.82) is 0 Å². The molecule has 0 unspecified atom stereocenters. The van der Waals surface area contributed by atoms with Crippen molar-refractivity contribution < 1.29 is 14.7 Å². The van der Waals surface area contributed by atoms with E-state index in [1.54, 1.807) is 13.2 Å². The van der Waals surface area contributed by atoms with E-state index in [4.69, 9.17) is 5.11 Å². The van der Waals surface area contributed by atoms with Gasteiger partial charge in [0, 0.05) is 6.54 Å². The van der Waals surface area contributed by atoms with Crippen molar-refractivity contribution in [3.63, 3.8) is 0 Å². The zero-order chi connectivity index (χ0) is 10.7. The number of aromatic nitrogens is 2. The third-order valence-electron chi connectivity index (χ3n) is 1.75. The molecule has 0 spiro atoms. The molecule has 14 heavy (non-hydrogen) atoms. The second-order valence-corrected chi connectivity index (χ2v) is 3.30. The van der Waals surface area contributed by atoms with Crippen LogP contribution in [0.3, 0.4) is 0 Å². The minimum absolute atomic E-state index is 0.0359. The fourth-order valence-electron chi connectivity index (χ4n) is 1.09. The predicted molar refractivity (Wildman–Crippen MR) is 52.7 cm³/mol. The Kier molecular flexibility index (Phi) is 3.29.